The van der Waals surface area contributed by atoms with Gasteiger partial charge in [-0.05, 0) is 26.0 Å². The Morgan fingerprint density at radius 1 is 1.11 bits per heavy atom. The number of esters is 1. The third-order valence-electron chi connectivity index (χ3n) is 3.79. The molecule has 0 unspecified atom stereocenters. The van der Waals surface area contributed by atoms with Crippen LogP contribution in [0.15, 0.2) is 54.6 Å². The third-order valence-corrected chi connectivity index (χ3v) is 4.97. The Morgan fingerprint density at radius 2 is 1.78 bits per heavy atom. The first-order chi connectivity index (χ1) is 13.0. The van der Waals surface area contributed by atoms with Gasteiger partial charge in [-0.25, -0.2) is 14.2 Å². The Morgan fingerprint density at radius 3 is 2.48 bits per heavy atom. The molecule has 0 fully saturated rings. The molecule has 0 saturated carbocycles. The van der Waals surface area contributed by atoms with Crippen molar-refractivity contribution >= 4 is 28.9 Å². The summed E-state index contributed by atoms with van der Waals surface area (Å²) < 4.78 is 18.9. The van der Waals surface area contributed by atoms with Gasteiger partial charge in [-0.1, -0.05) is 42.5 Å². The minimum atomic E-state index is -1.08. The Balaban J connectivity index is 1.69. The van der Waals surface area contributed by atoms with Crippen molar-refractivity contribution < 1.29 is 18.7 Å². The maximum Gasteiger partial charge on any atom is 0.351 e. The molecule has 7 heteroatoms. The van der Waals surface area contributed by atoms with Gasteiger partial charge in [0, 0.05) is 5.56 Å². The minimum Gasteiger partial charge on any atom is -0.448 e. The fraction of sp³-hybridized carbons (Fsp3) is 0.150. The lowest BCUT2D eigenvalue weighted by atomic mass is 10.2. The Kier molecular flexibility index (Phi) is 5.61. The summed E-state index contributed by atoms with van der Waals surface area (Å²) in [5.74, 6) is -1.81. The molecule has 0 saturated heterocycles. The van der Waals surface area contributed by atoms with Crippen molar-refractivity contribution in [3.63, 3.8) is 0 Å². The van der Waals surface area contributed by atoms with Gasteiger partial charge in [-0.2, -0.15) is 0 Å². The summed E-state index contributed by atoms with van der Waals surface area (Å²) >= 11 is 1.20. The average molecular weight is 384 g/mol. The van der Waals surface area contributed by atoms with E-state index in [-0.39, 0.29) is 5.69 Å². The van der Waals surface area contributed by atoms with E-state index in [4.69, 9.17) is 4.74 Å². The van der Waals surface area contributed by atoms with E-state index in [0.717, 1.165) is 5.56 Å². The van der Waals surface area contributed by atoms with Crippen molar-refractivity contribution in [3.8, 4) is 10.6 Å². The summed E-state index contributed by atoms with van der Waals surface area (Å²) in [6.45, 7) is 3.15. The molecule has 27 heavy (non-hydrogen) atoms. The molecular weight excluding hydrogens is 367 g/mol. The van der Waals surface area contributed by atoms with E-state index in [1.807, 2.05) is 30.3 Å². The fourth-order valence-corrected chi connectivity index (χ4v) is 3.31. The SMILES string of the molecule is Cc1nc(-c2ccccc2)sc1C(=O)O[C@H](C)C(=O)Nc1ccccc1F. The zero-order valence-corrected chi connectivity index (χ0v) is 15.5. The zero-order chi connectivity index (χ0) is 19.4. The lowest BCUT2D eigenvalue weighted by Crippen LogP contribution is -2.30. The number of para-hydroxylation sites is 1. The third kappa shape index (κ3) is 4.38. The van der Waals surface area contributed by atoms with E-state index in [1.165, 1.54) is 36.5 Å². The number of benzene rings is 2. The molecule has 1 N–H and O–H groups in total. The summed E-state index contributed by atoms with van der Waals surface area (Å²) in [6, 6.07) is 15.3. The molecule has 1 heterocycles. The van der Waals surface area contributed by atoms with Crippen molar-refractivity contribution in [2.24, 2.45) is 0 Å². The van der Waals surface area contributed by atoms with E-state index in [2.05, 4.69) is 10.3 Å². The van der Waals surface area contributed by atoms with Crippen molar-refractivity contribution in [2.45, 2.75) is 20.0 Å². The van der Waals surface area contributed by atoms with E-state index in [1.54, 1.807) is 13.0 Å². The van der Waals surface area contributed by atoms with E-state index >= 15 is 0 Å². The van der Waals surface area contributed by atoms with Crippen molar-refractivity contribution in [1.29, 1.82) is 0 Å². The van der Waals surface area contributed by atoms with Crippen LogP contribution in [0.25, 0.3) is 10.6 Å². The number of nitrogens with zero attached hydrogens (tertiary/aromatic N) is 1. The normalized spacial score (nSPS) is 11.7. The van der Waals surface area contributed by atoms with Crippen LogP contribution in [-0.4, -0.2) is 23.0 Å². The summed E-state index contributed by atoms with van der Waals surface area (Å²) in [5.41, 5.74) is 1.46. The second kappa shape index (κ2) is 8.09. The first-order valence-corrected chi connectivity index (χ1v) is 9.06. The highest BCUT2D eigenvalue weighted by Crippen LogP contribution is 2.28. The quantitative estimate of drug-likeness (QED) is 0.660. The first-order valence-electron chi connectivity index (χ1n) is 8.25. The molecule has 1 amide bonds. The smallest absolute Gasteiger partial charge is 0.351 e. The minimum absolute atomic E-state index is 0.0331. The number of halogens is 1. The van der Waals surface area contributed by atoms with Gasteiger partial charge in [0.05, 0.1) is 11.4 Å². The Bertz CT molecular complexity index is 972. The van der Waals surface area contributed by atoms with Crippen LogP contribution < -0.4 is 5.32 Å². The van der Waals surface area contributed by atoms with Crippen LogP contribution in [0.4, 0.5) is 10.1 Å². The second-order valence-electron chi connectivity index (χ2n) is 5.82. The fourth-order valence-electron chi connectivity index (χ4n) is 2.35. The Hall–Kier alpha value is -3.06. The summed E-state index contributed by atoms with van der Waals surface area (Å²) in [5, 5.41) is 3.11. The monoisotopic (exact) mass is 384 g/mol. The molecule has 3 aromatic rings. The molecule has 0 radical (unpaired) electrons. The number of anilines is 1. The van der Waals surface area contributed by atoms with Crippen LogP contribution in [0.1, 0.15) is 22.3 Å². The largest absolute Gasteiger partial charge is 0.448 e. The highest BCUT2D eigenvalue weighted by Gasteiger charge is 2.23. The van der Waals surface area contributed by atoms with Crippen molar-refractivity contribution in [3.05, 3.63) is 71.0 Å². The van der Waals surface area contributed by atoms with Crippen LogP contribution in [-0.2, 0) is 9.53 Å². The maximum absolute atomic E-state index is 13.6. The standard InChI is InChI=1S/C20H17FN2O3S/c1-12-17(27-19(22-12)14-8-4-3-5-9-14)20(25)26-13(2)18(24)23-16-11-7-6-10-15(16)21/h3-11,13H,1-2H3,(H,23,24)/t13-/m1/s1. The van der Waals surface area contributed by atoms with E-state index in [9.17, 15) is 14.0 Å². The number of carbonyl (C=O) groups is 2. The van der Waals surface area contributed by atoms with Gasteiger partial charge in [0.25, 0.3) is 5.91 Å². The number of nitrogens with one attached hydrogen (secondary N) is 1. The topological polar surface area (TPSA) is 68.3 Å². The molecule has 0 spiro atoms. The molecule has 1 atom stereocenters. The predicted molar refractivity (Wildman–Crippen MR) is 102 cm³/mol. The number of hydrogen-bond acceptors (Lipinski definition) is 5. The number of carbonyl (C=O) groups excluding carboxylic acids is 2. The van der Waals surface area contributed by atoms with Crippen LogP contribution in [0.3, 0.4) is 0 Å². The van der Waals surface area contributed by atoms with Crippen molar-refractivity contribution in [1.82, 2.24) is 4.98 Å². The van der Waals surface area contributed by atoms with Gasteiger partial charge in [0.2, 0.25) is 0 Å². The number of hydrogen-bond donors (Lipinski definition) is 1. The summed E-state index contributed by atoms with van der Waals surface area (Å²) in [6.07, 6.45) is -1.08. The van der Waals surface area contributed by atoms with Crippen LogP contribution in [0.5, 0.6) is 0 Å². The molecule has 3 rings (SSSR count). The molecule has 2 aromatic carbocycles. The lowest BCUT2D eigenvalue weighted by molar-refractivity contribution is -0.123. The lowest BCUT2D eigenvalue weighted by Gasteiger charge is -2.13. The number of aromatic nitrogens is 1. The van der Waals surface area contributed by atoms with Crippen LogP contribution in [0.2, 0.25) is 0 Å². The van der Waals surface area contributed by atoms with E-state index < -0.39 is 23.8 Å². The molecule has 5 nitrogen and oxygen atoms in total. The summed E-state index contributed by atoms with van der Waals surface area (Å²) in [7, 11) is 0. The predicted octanol–water partition coefficient (Wildman–Crippen LogP) is 4.44. The van der Waals surface area contributed by atoms with Gasteiger partial charge >= 0.3 is 5.97 Å². The molecule has 1 aromatic heterocycles. The van der Waals surface area contributed by atoms with E-state index in [0.29, 0.717) is 15.6 Å². The van der Waals surface area contributed by atoms with Gasteiger partial charge < -0.3 is 10.1 Å². The van der Waals surface area contributed by atoms with Gasteiger partial charge in [0.1, 0.15) is 15.7 Å². The number of ether oxygens (including phenoxy) is 1. The van der Waals surface area contributed by atoms with Crippen LogP contribution >= 0.6 is 11.3 Å². The summed E-state index contributed by atoms with van der Waals surface area (Å²) in [4.78, 5) is 29.3. The highest BCUT2D eigenvalue weighted by molar-refractivity contribution is 7.17. The second-order valence-corrected chi connectivity index (χ2v) is 6.82. The number of rotatable bonds is 5. The maximum atomic E-state index is 13.6. The average Bonchev–Trinajstić information content (AvgIpc) is 3.06. The molecular formula is C20H17FN2O3S. The zero-order valence-electron chi connectivity index (χ0n) is 14.7. The van der Waals surface area contributed by atoms with Gasteiger partial charge in [0.15, 0.2) is 6.10 Å². The number of aryl methyl sites for hydroxylation is 1. The first kappa shape index (κ1) is 18.7. The molecule has 138 valence electrons. The Labute approximate surface area is 159 Å². The molecule has 0 aliphatic carbocycles. The van der Waals surface area contributed by atoms with Gasteiger partial charge in [-0.15, -0.1) is 11.3 Å². The molecule has 0 aliphatic rings. The van der Waals surface area contributed by atoms with Crippen LogP contribution in [0, 0.1) is 12.7 Å². The number of amides is 1. The molecule has 0 bridgehead atoms. The number of thiazole rings is 1. The molecule has 0 aliphatic heterocycles. The van der Waals surface area contributed by atoms with Gasteiger partial charge in [-0.3, -0.25) is 4.79 Å². The highest BCUT2D eigenvalue weighted by atomic mass is 32.1. The van der Waals surface area contributed by atoms with Crippen molar-refractivity contribution in [2.75, 3.05) is 5.32 Å².